The third-order valence-electron chi connectivity index (χ3n) is 2.21. The van der Waals surface area contributed by atoms with Crippen LogP contribution in [0.3, 0.4) is 0 Å². The lowest BCUT2D eigenvalue weighted by Crippen LogP contribution is -2.09. The molecule has 0 aromatic heterocycles. The van der Waals surface area contributed by atoms with Crippen molar-refractivity contribution in [3.63, 3.8) is 0 Å². The molecule has 1 aliphatic heterocycles. The minimum Gasteiger partial charge on any atom is -0.370 e. The van der Waals surface area contributed by atoms with Crippen LogP contribution in [0, 0.1) is 5.82 Å². The molecular formula is C11H13FN2. The first-order chi connectivity index (χ1) is 6.84. The molecule has 1 aromatic carbocycles. The minimum atomic E-state index is -0.182. The molecule has 1 fully saturated rings. The molecule has 14 heavy (non-hydrogen) atoms. The zero-order chi connectivity index (χ0) is 9.80. The molecule has 0 aliphatic carbocycles. The van der Waals surface area contributed by atoms with Crippen molar-refractivity contribution < 1.29 is 4.39 Å². The molecule has 0 unspecified atom stereocenters. The summed E-state index contributed by atoms with van der Waals surface area (Å²) in [6.07, 6.45) is 2.91. The Morgan fingerprint density at radius 3 is 2.43 bits per heavy atom. The molecule has 2 nitrogen and oxygen atoms in total. The second-order valence-electron chi connectivity index (χ2n) is 3.30. The van der Waals surface area contributed by atoms with Crippen molar-refractivity contribution in [3.05, 3.63) is 47.5 Å². The summed E-state index contributed by atoms with van der Waals surface area (Å²) in [4.78, 5) is 0. The number of hydrogen-bond donors (Lipinski definition) is 2. The molecule has 1 aliphatic rings. The highest BCUT2D eigenvalue weighted by atomic mass is 19.1. The summed E-state index contributed by atoms with van der Waals surface area (Å²) in [7, 11) is 0. The minimum absolute atomic E-state index is 0.182. The number of benzene rings is 1. The van der Waals surface area contributed by atoms with Gasteiger partial charge in [-0.25, -0.2) is 4.39 Å². The van der Waals surface area contributed by atoms with Gasteiger partial charge in [0.25, 0.3) is 0 Å². The highest BCUT2D eigenvalue weighted by Gasteiger charge is 2.01. The van der Waals surface area contributed by atoms with Gasteiger partial charge in [0.05, 0.1) is 5.82 Å². The van der Waals surface area contributed by atoms with Gasteiger partial charge in [0.15, 0.2) is 0 Å². The SMILES string of the molecule is Fc1ccc(CC=C2NCCN2)cc1. The zero-order valence-electron chi connectivity index (χ0n) is 7.89. The number of nitrogens with one attached hydrogen (secondary N) is 2. The van der Waals surface area contributed by atoms with E-state index in [1.165, 1.54) is 12.1 Å². The normalized spacial score (nSPS) is 14.8. The Hall–Kier alpha value is -1.51. The number of halogens is 1. The predicted octanol–water partition coefficient (Wildman–Crippen LogP) is 1.40. The quantitative estimate of drug-likeness (QED) is 0.740. The van der Waals surface area contributed by atoms with Crippen LogP contribution in [0.5, 0.6) is 0 Å². The van der Waals surface area contributed by atoms with Crippen LogP contribution in [0.2, 0.25) is 0 Å². The zero-order valence-corrected chi connectivity index (χ0v) is 7.89. The summed E-state index contributed by atoms with van der Waals surface area (Å²) in [6.45, 7) is 1.96. The van der Waals surface area contributed by atoms with Crippen LogP contribution in [0.25, 0.3) is 0 Å². The van der Waals surface area contributed by atoms with E-state index in [-0.39, 0.29) is 5.82 Å². The van der Waals surface area contributed by atoms with E-state index in [9.17, 15) is 4.39 Å². The Labute approximate surface area is 82.8 Å². The maximum Gasteiger partial charge on any atom is 0.123 e. The average molecular weight is 192 g/mol. The lowest BCUT2D eigenvalue weighted by Gasteiger charge is -2.00. The molecule has 0 bridgehead atoms. The molecule has 0 amide bonds. The van der Waals surface area contributed by atoms with Crippen molar-refractivity contribution in [1.82, 2.24) is 10.6 Å². The van der Waals surface area contributed by atoms with Crippen LogP contribution in [0.15, 0.2) is 36.2 Å². The molecule has 1 heterocycles. The van der Waals surface area contributed by atoms with Gasteiger partial charge >= 0.3 is 0 Å². The topological polar surface area (TPSA) is 24.1 Å². The van der Waals surface area contributed by atoms with E-state index < -0.39 is 0 Å². The molecule has 74 valence electrons. The fourth-order valence-electron chi connectivity index (χ4n) is 1.44. The van der Waals surface area contributed by atoms with E-state index in [1.807, 2.05) is 0 Å². The second kappa shape index (κ2) is 4.13. The molecule has 1 aromatic rings. The summed E-state index contributed by atoms with van der Waals surface area (Å²) in [5.74, 6) is 0.896. The summed E-state index contributed by atoms with van der Waals surface area (Å²) in [6, 6.07) is 6.59. The van der Waals surface area contributed by atoms with Crippen molar-refractivity contribution in [2.75, 3.05) is 13.1 Å². The Morgan fingerprint density at radius 1 is 1.14 bits per heavy atom. The van der Waals surface area contributed by atoms with Gasteiger partial charge in [0.1, 0.15) is 5.82 Å². The van der Waals surface area contributed by atoms with Crippen molar-refractivity contribution in [3.8, 4) is 0 Å². The second-order valence-corrected chi connectivity index (χ2v) is 3.30. The van der Waals surface area contributed by atoms with Gasteiger partial charge < -0.3 is 10.6 Å². The smallest absolute Gasteiger partial charge is 0.123 e. The Bertz CT molecular complexity index is 322. The molecular weight excluding hydrogens is 179 g/mol. The summed E-state index contributed by atoms with van der Waals surface area (Å²) in [5.41, 5.74) is 1.12. The van der Waals surface area contributed by atoms with Crippen molar-refractivity contribution in [1.29, 1.82) is 0 Å². The molecule has 0 atom stereocenters. The van der Waals surface area contributed by atoms with E-state index in [0.717, 1.165) is 30.9 Å². The lowest BCUT2D eigenvalue weighted by atomic mass is 10.1. The predicted molar refractivity (Wildman–Crippen MR) is 54.2 cm³/mol. The molecule has 0 radical (unpaired) electrons. The Balaban J connectivity index is 1.97. The van der Waals surface area contributed by atoms with Crippen LogP contribution in [0.1, 0.15) is 5.56 Å². The molecule has 0 saturated carbocycles. The summed E-state index contributed by atoms with van der Waals surface area (Å²) >= 11 is 0. The largest absolute Gasteiger partial charge is 0.370 e. The van der Waals surface area contributed by atoms with E-state index in [4.69, 9.17) is 0 Å². The van der Waals surface area contributed by atoms with Crippen LogP contribution in [-0.4, -0.2) is 13.1 Å². The van der Waals surface area contributed by atoms with E-state index in [1.54, 1.807) is 12.1 Å². The Kier molecular flexibility index (Phi) is 2.68. The standard InChI is InChI=1S/C11H13FN2/c12-10-4-1-9(2-5-10)3-6-11-13-7-8-14-11/h1-2,4-6,13-14H,3,7-8H2. The molecule has 2 N–H and O–H groups in total. The highest BCUT2D eigenvalue weighted by molar-refractivity contribution is 5.20. The fraction of sp³-hybridized carbons (Fsp3) is 0.273. The van der Waals surface area contributed by atoms with Crippen LogP contribution in [0.4, 0.5) is 4.39 Å². The van der Waals surface area contributed by atoms with Crippen molar-refractivity contribution in [2.24, 2.45) is 0 Å². The van der Waals surface area contributed by atoms with Gasteiger partial charge in [0.2, 0.25) is 0 Å². The average Bonchev–Trinajstić information content (AvgIpc) is 2.70. The number of rotatable bonds is 2. The van der Waals surface area contributed by atoms with Gasteiger partial charge in [0, 0.05) is 13.1 Å². The first kappa shape index (κ1) is 9.06. The molecule has 3 heteroatoms. The lowest BCUT2D eigenvalue weighted by molar-refractivity contribution is 0.627. The fourth-order valence-corrected chi connectivity index (χ4v) is 1.44. The first-order valence-corrected chi connectivity index (χ1v) is 4.77. The van der Waals surface area contributed by atoms with E-state index in [0.29, 0.717) is 0 Å². The summed E-state index contributed by atoms with van der Waals surface area (Å²) in [5, 5.41) is 6.43. The van der Waals surface area contributed by atoms with E-state index in [2.05, 4.69) is 16.7 Å². The monoisotopic (exact) mass is 192 g/mol. The van der Waals surface area contributed by atoms with Gasteiger partial charge in [-0.15, -0.1) is 0 Å². The molecule has 1 saturated heterocycles. The Morgan fingerprint density at radius 2 is 1.79 bits per heavy atom. The van der Waals surface area contributed by atoms with Gasteiger partial charge in [-0.2, -0.15) is 0 Å². The van der Waals surface area contributed by atoms with Crippen LogP contribution < -0.4 is 10.6 Å². The van der Waals surface area contributed by atoms with E-state index >= 15 is 0 Å². The van der Waals surface area contributed by atoms with Gasteiger partial charge in [-0.3, -0.25) is 0 Å². The first-order valence-electron chi connectivity index (χ1n) is 4.77. The molecule has 2 rings (SSSR count). The van der Waals surface area contributed by atoms with Crippen LogP contribution in [-0.2, 0) is 6.42 Å². The highest BCUT2D eigenvalue weighted by Crippen LogP contribution is 2.05. The van der Waals surface area contributed by atoms with Gasteiger partial charge in [-0.05, 0) is 30.2 Å². The van der Waals surface area contributed by atoms with Crippen LogP contribution >= 0.6 is 0 Å². The summed E-state index contributed by atoms with van der Waals surface area (Å²) < 4.78 is 12.6. The number of hydrogen-bond acceptors (Lipinski definition) is 2. The third kappa shape index (κ3) is 2.25. The van der Waals surface area contributed by atoms with Crippen molar-refractivity contribution >= 4 is 0 Å². The maximum atomic E-state index is 12.6. The third-order valence-corrected chi connectivity index (χ3v) is 2.21. The maximum absolute atomic E-state index is 12.6. The van der Waals surface area contributed by atoms with Crippen molar-refractivity contribution in [2.45, 2.75) is 6.42 Å². The number of allylic oxidation sites excluding steroid dienone is 1. The molecule has 0 spiro atoms. The van der Waals surface area contributed by atoms with Gasteiger partial charge in [-0.1, -0.05) is 12.1 Å².